The van der Waals surface area contributed by atoms with E-state index >= 15 is 0 Å². The second-order valence-electron chi connectivity index (χ2n) is 2.80. The van der Waals surface area contributed by atoms with Crippen molar-refractivity contribution in [1.29, 1.82) is 0 Å². The summed E-state index contributed by atoms with van der Waals surface area (Å²) in [6.45, 7) is 0. The van der Waals surface area contributed by atoms with Gasteiger partial charge in [-0.3, -0.25) is 4.98 Å². The molecule has 2 aromatic rings. The highest BCUT2D eigenvalue weighted by atomic mass is 127. The fourth-order valence-corrected chi connectivity index (χ4v) is 1.78. The van der Waals surface area contributed by atoms with E-state index in [1.165, 1.54) is 0 Å². The summed E-state index contributed by atoms with van der Waals surface area (Å²) < 4.78 is 1.09. The SMILES string of the molecule is Nc1ccc(I)c(-c2ccncc2)n1. The Morgan fingerprint density at radius 1 is 1.07 bits per heavy atom. The summed E-state index contributed by atoms with van der Waals surface area (Å²) in [5.41, 5.74) is 7.58. The van der Waals surface area contributed by atoms with Gasteiger partial charge < -0.3 is 5.73 Å². The molecule has 3 nitrogen and oxygen atoms in total. The van der Waals surface area contributed by atoms with Crippen LogP contribution in [0.4, 0.5) is 5.82 Å². The molecule has 0 aliphatic heterocycles. The van der Waals surface area contributed by atoms with Gasteiger partial charge in [-0.25, -0.2) is 4.98 Å². The van der Waals surface area contributed by atoms with E-state index in [9.17, 15) is 0 Å². The van der Waals surface area contributed by atoms with Crippen molar-refractivity contribution in [1.82, 2.24) is 9.97 Å². The van der Waals surface area contributed by atoms with E-state index in [2.05, 4.69) is 32.6 Å². The summed E-state index contributed by atoms with van der Waals surface area (Å²) in [4.78, 5) is 8.25. The van der Waals surface area contributed by atoms with Gasteiger partial charge in [-0.1, -0.05) is 0 Å². The second kappa shape index (κ2) is 3.91. The standard InChI is InChI=1S/C10H8IN3/c11-8-1-2-9(12)14-10(8)7-3-5-13-6-4-7/h1-6H,(H2,12,14). The molecule has 70 valence electrons. The van der Waals surface area contributed by atoms with Crippen molar-refractivity contribution >= 4 is 28.4 Å². The zero-order chi connectivity index (χ0) is 9.97. The first kappa shape index (κ1) is 9.39. The normalized spacial score (nSPS) is 10.1. The minimum atomic E-state index is 0.539. The van der Waals surface area contributed by atoms with Crippen molar-refractivity contribution in [2.24, 2.45) is 0 Å². The number of nitrogen functional groups attached to an aromatic ring is 1. The first-order valence-corrected chi connectivity index (χ1v) is 5.17. The van der Waals surface area contributed by atoms with Crippen molar-refractivity contribution in [3.63, 3.8) is 0 Å². The van der Waals surface area contributed by atoms with Gasteiger partial charge in [0.25, 0.3) is 0 Å². The molecule has 0 aliphatic rings. The average molecular weight is 297 g/mol. The first-order chi connectivity index (χ1) is 6.77. The molecule has 14 heavy (non-hydrogen) atoms. The third-order valence-electron chi connectivity index (χ3n) is 1.82. The molecule has 2 N–H and O–H groups in total. The van der Waals surface area contributed by atoms with Crippen molar-refractivity contribution in [3.05, 3.63) is 40.2 Å². The smallest absolute Gasteiger partial charge is 0.124 e. The zero-order valence-corrected chi connectivity index (χ0v) is 9.47. The van der Waals surface area contributed by atoms with Crippen molar-refractivity contribution in [3.8, 4) is 11.3 Å². The lowest BCUT2D eigenvalue weighted by molar-refractivity contribution is 1.28. The molecule has 4 heteroatoms. The number of nitrogens with two attached hydrogens (primary N) is 1. The van der Waals surface area contributed by atoms with Gasteiger partial charge >= 0.3 is 0 Å². The minimum Gasteiger partial charge on any atom is -0.384 e. The van der Waals surface area contributed by atoms with Gasteiger partial charge in [0.1, 0.15) is 5.82 Å². The Labute approximate surface area is 95.5 Å². The van der Waals surface area contributed by atoms with Gasteiger partial charge in [0.05, 0.1) is 5.69 Å². The number of pyridine rings is 2. The lowest BCUT2D eigenvalue weighted by Crippen LogP contribution is -1.94. The molecule has 0 fully saturated rings. The highest BCUT2D eigenvalue weighted by Gasteiger charge is 2.04. The highest BCUT2D eigenvalue weighted by molar-refractivity contribution is 14.1. The molecule has 0 unspecified atom stereocenters. The fourth-order valence-electron chi connectivity index (χ4n) is 1.17. The molecule has 2 aromatic heterocycles. The summed E-state index contributed by atoms with van der Waals surface area (Å²) in [6, 6.07) is 7.60. The van der Waals surface area contributed by atoms with Crippen LogP contribution in [0.15, 0.2) is 36.7 Å². The van der Waals surface area contributed by atoms with E-state index in [0.29, 0.717) is 5.82 Å². The largest absolute Gasteiger partial charge is 0.384 e. The Morgan fingerprint density at radius 2 is 1.79 bits per heavy atom. The maximum Gasteiger partial charge on any atom is 0.124 e. The van der Waals surface area contributed by atoms with Crippen LogP contribution in [0.3, 0.4) is 0 Å². The quantitative estimate of drug-likeness (QED) is 0.822. The van der Waals surface area contributed by atoms with Crippen LogP contribution >= 0.6 is 22.6 Å². The van der Waals surface area contributed by atoms with E-state index in [4.69, 9.17) is 5.73 Å². The summed E-state index contributed by atoms with van der Waals surface area (Å²) in [6.07, 6.45) is 3.49. The molecule has 0 radical (unpaired) electrons. The van der Waals surface area contributed by atoms with Gasteiger partial charge in [-0.2, -0.15) is 0 Å². The fraction of sp³-hybridized carbons (Fsp3) is 0. The Kier molecular flexibility index (Phi) is 2.62. The predicted octanol–water partition coefficient (Wildman–Crippen LogP) is 2.33. The summed E-state index contributed by atoms with van der Waals surface area (Å²) in [5.74, 6) is 0.539. The number of hydrogen-bond acceptors (Lipinski definition) is 3. The van der Waals surface area contributed by atoms with Crippen LogP contribution in [0.5, 0.6) is 0 Å². The van der Waals surface area contributed by atoms with E-state index in [-0.39, 0.29) is 0 Å². The van der Waals surface area contributed by atoms with E-state index in [0.717, 1.165) is 14.8 Å². The first-order valence-electron chi connectivity index (χ1n) is 4.10. The Balaban J connectivity index is 2.57. The van der Waals surface area contributed by atoms with Crippen LogP contribution < -0.4 is 5.73 Å². The van der Waals surface area contributed by atoms with Gasteiger partial charge in [0, 0.05) is 21.5 Å². The Morgan fingerprint density at radius 3 is 2.50 bits per heavy atom. The topological polar surface area (TPSA) is 51.8 Å². The minimum absolute atomic E-state index is 0.539. The molecule has 2 heterocycles. The maximum absolute atomic E-state index is 5.63. The average Bonchev–Trinajstić information content (AvgIpc) is 2.23. The highest BCUT2D eigenvalue weighted by Crippen LogP contribution is 2.23. The molecular weight excluding hydrogens is 289 g/mol. The third-order valence-corrected chi connectivity index (χ3v) is 2.69. The van der Waals surface area contributed by atoms with E-state index in [1.807, 2.05) is 18.2 Å². The Bertz CT molecular complexity index is 442. The third kappa shape index (κ3) is 1.84. The van der Waals surface area contributed by atoms with Gasteiger partial charge in [0.2, 0.25) is 0 Å². The van der Waals surface area contributed by atoms with Gasteiger partial charge in [-0.05, 0) is 46.9 Å². The van der Waals surface area contributed by atoms with Crippen molar-refractivity contribution < 1.29 is 0 Å². The van der Waals surface area contributed by atoms with Crippen LogP contribution in [-0.4, -0.2) is 9.97 Å². The monoisotopic (exact) mass is 297 g/mol. The lowest BCUT2D eigenvalue weighted by Gasteiger charge is -2.03. The predicted molar refractivity (Wildman–Crippen MR) is 64.6 cm³/mol. The number of halogens is 1. The van der Waals surface area contributed by atoms with Crippen LogP contribution in [0.1, 0.15) is 0 Å². The lowest BCUT2D eigenvalue weighted by atomic mass is 10.2. The van der Waals surface area contributed by atoms with Gasteiger partial charge in [0.15, 0.2) is 0 Å². The molecule has 0 atom stereocenters. The van der Waals surface area contributed by atoms with Crippen LogP contribution in [-0.2, 0) is 0 Å². The van der Waals surface area contributed by atoms with Crippen molar-refractivity contribution in [2.75, 3.05) is 5.73 Å². The number of nitrogens with zero attached hydrogens (tertiary/aromatic N) is 2. The summed E-state index contributed by atoms with van der Waals surface area (Å²) in [7, 11) is 0. The van der Waals surface area contributed by atoms with E-state index in [1.54, 1.807) is 18.5 Å². The van der Waals surface area contributed by atoms with Crippen molar-refractivity contribution in [2.45, 2.75) is 0 Å². The number of rotatable bonds is 1. The molecule has 0 spiro atoms. The molecule has 0 aromatic carbocycles. The number of hydrogen-bond donors (Lipinski definition) is 1. The second-order valence-corrected chi connectivity index (χ2v) is 3.96. The molecule has 0 saturated carbocycles. The molecule has 0 saturated heterocycles. The van der Waals surface area contributed by atoms with Crippen LogP contribution in [0.2, 0.25) is 0 Å². The summed E-state index contributed by atoms with van der Waals surface area (Å²) in [5, 5.41) is 0. The van der Waals surface area contributed by atoms with Gasteiger partial charge in [-0.15, -0.1) is 0 Å². The number of aromatic nitrogens is 2. The maximum atomic E-state index is 5.63. The summed E-state index contributed by atoms with van der Waals surface area (Å²) >= 11 is 2.24. The molecule has 0 bridgehead atoms. The van der Waals surface area contributed by atoms with Crippen LogP contribution in [0, 0.1) is 3.57 Å². The molecule has 0 amide bonds. The molecule has 2 rings (SSSR count). The van der Waals surface area contributed by atoms with Crippen LogP contribution in [0.25, 0.3) is 11.3 Å². The Hall–Kier alpha value is -1.17. The molecular formula is C10H8IN3. The molecule has 0 aliphatic carbocycles. The van der Waals surface area contributed by atoms with E-state index < -0.39 is 0 Å². The zero-order valence-electron chi connectivity index (χ0n) is 7.31. The number of anilines is 1.